The van der Waals surface area contributed by atoms with Crippen LogP contribution in [-0.4, -0.2) is 26.3 Å². The molecule has 0 saturated heterocycles. The molecule has 2 rings (SSSR count). The van der Waals surface area contributed by atoms with Crippen LogP contribution < -0.4 is 10.2 Å². The summed E-state index contributed by atoms with van der Waals surface area (Å²) in [5.41, 5.74) is 0.608. The van der Waals surface area contributed by atoms with Crippen LogP contribution in [0.3, 0.4) is 0 Å². The Morgan fingerprint density at radius 1 is 1.29 bits per heavy atom. The van der Waals surface area contributed by atoms with Crippen LogP contribution >= 0.6 is 0 Å². The average molecular weight is 302 g/mol. The minimum atomic E-state index is -4.29. The van der Waals surface area contributed by atoms with Crippen molar-refractivity contribution < 1.29 is 17.6 Å². The number of anilines is 1. The van der Waals surface area contributed by atoms with Gasteiger partial charge < -0.3 is 10.2 Å². The third kappa shape index (κ3) is 3.37. The lowest BCUT2D eigenvalue weighted by molar-refractivity contribution is -0.0944. The van der Waals surface area contributed by atoms with Gasteiger partial charge in [0.2, 0.25) is 0 Å². The molecule has 1 atom stereocenters. The van der Waals surface area contributed by atoms with Gasteiger partial charge in [-0.2, -0.15) is 13.2 Å². The first-order chi connectivity index (χ1) is 9.84. The Hall–Kier alpha value is -1.56. The maximum Gasteiger partial charge on any atom is 0.412 e. The molecule has 2 nitrogen and oxygen atoms in total. The van der Waals surface area contributed by atoms with Gasteiger partial charge in [0, 0.05) is 24.7 Å². The standard InChI is InChI=1S/C15H18F4N2/c1-10(20-2)12-4-3-5-13(16)14(12)21-8-6-11(7-9-21)15(17,18)19/h3-6,10,20H,7-9H2,1-2H3. The van der Waals surface area contributed by atoms with Gasteiger partial charge in [-0.1, -0.05) is 18.2 Å². The molecular formula is C15H18F4N2. The Bertz CT molecular complexity index is 537. The third-order valence-electron chi connectivity index (χ3n) is 3.81. The zero-order valence-corrected chi connectivity index (χ0v) is 12.0. The Labute approximate surface area is 121 Å². The van der Waals surface area contributed by atoms with Crippen molar-refractivity contribution in [2.45, 2.75) is 25.6 Å². The molecule has 1 aromatic carbocycles. The molecule has 0 saturated carbocycles. The van der Waals surface area contributed by atoms with Crippen LogP contribution in [0, 0.1) is 5.82 Å². The highest BCUT2D eigenvalue weighted by molar-refractivity contribution is 5.57. The molecule has 1 unspecified atom stereocenters. The smallest absolute Gasteiger partial charge is 0.365 e. The molecule has 0 amide bonds. The van der Waals surface area contributed by atoms with E-state index in [1.807, 2.05) is 6.92 Å². The zero-order chi connectivity index (χ0) is 15.6. The van der Waals surface area contributed by atoms with Gasteiger partial charge in [0.25, 0.3) is 0 Å². The lowest BCUT2D eigenvalue weighted by Gasteiger charge is -2.32. The molecule has 0 bridgehead atoms. The van der Waals surface area contributed by atoms with Gasteiger partial charge in [0.15, 0.2) is 0 Å². The number of hydrogen-bond acceptors (Lipinski definition) is 2. The fraction of sp³-hybridized carbons (Fsp3) is 0.467. The van der Waals surface area contributed by atoms with Crippen LogP contribution in [-0.2, 0) is 0 Å². The summed E-state index contributed by atoms with van der Waals surface area (Å²) < 4.78 is 52.1. The molecule has 1 N–H and O–H groups in total. The monoisotopic (exact) mass is 302 g/mol. The molecule has 1 aromatic rings. The zero-order valence-electron chi connectivity index (χ0n) is 12.0. The van der Waals surface area contributed by atoms with Gasteiger partial charge in [-0.3, -0.25) is 0 Å². The molecule has 0 aromatic heterocycles. The largest absolute Gasteiger partial charge is 0.412 e. The Morgan fingerprint density at radius 2 is 2.00 bits per heavy atom. The molecule has 116 valence electrons. The van der Waals surface area contributed by atoms with Gasteiger partial charge in [-0.05, 0) is 32.0 Å². The second kappa shape index (κ2) is 6.05. The first-order valence-corrected chi connectivity index (χ1v) is 6.81. The van der Waals surface area contributed by atoms with Crippen molar-refractivity contribution in [1.82, 2.24) is 5.32 Å². The summed E-state index contributed by atoms with van der Waals surface area (Å²) in [5.74, 6) is -0.404. The minimum absolute atomic E-state index is 0.0687. The van der Waals surface area contributed by atoms with Crippen LogP contribution in [0.1, 0.15) is 24.9 Å². The molecule has 1 heterocycles. The average Bonchev–Trinajstić information content (AvgIpc) is 2.45. The van der Waals surface area contributed by atoms with Crippen molar-refractivity contribution >= 4 is 5.69 Å². The van der Waals surface area contributed by atoms with E-state index in [1.165, 1.54) is 6.07 Å². The SMILES string of the molecule is CNC(C)c1cccc(F)c1N1CC=C(C(F)(F)F)CC1. The number of halogens is 4. The quantitative estimate of drug-likeness (QED) is 0.675. The van der Waals surface area contributed by atoms with E-state index in [0.717, 1.165) is 11.6 Å². The summed E-state index contributed by atoms with van der Waals surface area (Å²) in [6.07, 6.45) is -3.27. The first kappa shape index (κ1) is 15.8. The first-order valence-electron chi connectivity index (χ1n) is 6.81. The number of nitrogens with one attached hydrogen (secondary N) is 1. The van der Waals surface area contributed by atoms with Gasteiger partial charge in [-0.15, -0.1) is 0 Å². The molecule has 1 aliphatic rings. The molecule has 0 spiro atoms. The van der Waals surface area contributed by atoms with Crippen LogP contribution in [0.15, 0.2) is 29.8 Å². The highest BCUT2D eigenvalue weighted by Crippen LogP contribution is 2.34. The molecule has 21 heavy (non-hydrogen) atoms. The number of hydrogen-bond donors (Lipinski definition) is 1. The highest BCUT2D eigenvalue weighted by atomic mass is 19.4. The molecule has 0 radical (unpaired) electrons. The number of nitrogens with zero attached hydrogens (tertiary/aromatic N) is 1. The Kier molecular flexibility index (Phi) is 4.56. The number of para-hydroxylation sites is 1. The van der Waals surface area contributed by atoms with E-state index in [-0.39, 0.29) is 25.6 Å². The summed E-state index contributed by atoms with van der Waals surface area (Å²) in [5, 5.41) is 3.03. The third-order valence-corrected chi connectivity index (χ3v) is 3.81. The normalized spacial score (nSPS) is 17.6. The van der Waals surface area contributed by atoms with Crippen molar-refractivity contribution in [3.63, 3.8) is 0 Å². The lowest BCUT2D eigenvalue weighted by Crippen LogP contribution is -2.33. The van der Waals surface area contributed by atoms with E-state index in [0.29, 0.717) is 5.69 Å². The topological polar surface area (TPSA) is 15.3 Å². The summed E-state index contributed by atoms with van der Waals surface area (Å²) in [7, 11) is 1.76. The van der Waals surface area contributed by atoms with Gasteiger partial charge >= 0.3 is 6.18 Å². The van der Waals surface area contributed by atoms with E-state index in [9.17, 15) is 17.6 Å². The van der Waals surface area contributed by atoms with Crippen LogP contribution in [0.2, 0.25) is 0 Å². The van der Waals surface area contributed by atoms with E-state index < -0.39 is 17.6 Å². The summed E-state index contributed by atoms with van der Waals surface area (Å²) in [6.45, 7) is 2.12. The van der Waals surface area contributed by atoms with E-state index >= 15 is 0 Å². The van der Waals surface area contributed by atoms with Crippen molar-refractivity contribution in [1.29, 1.82) is 0 Å². The minimum Gasteiger partial charge on any atom is -0.365 e. The van der Waals surface area contributed by atoms with Crippen LogP contribution in [0.25, 0.3) is 0 Å². The molecular weight excluding hydrogens is 284 g/mol. The molecule has 0 fully saturated rings. The van der Waals surface area contributed by atoms with Crippen molar-refractivity contribution in [2.75, 3.05) is 25.0 Å². The Balaban J connectivity index is 2.30. The maximum atomic E-state index is 14.2. The lowest BCUT2D eigenvalue weighted by atomic mass is 10.0. The second-order valence-corrected chi connectivity index (χ2v) is 5.11. The predicted octanol–water partition coefficient (Wildman–Crippen LogP) is 3.80. The number of benzene rings is 1. The number of alkyl halides is 3. The van der Waals surface area contributed by atoms with Crippen molar-refractivity contribution in [3.05, 3.63) is 41.2 Å². The maximum absolute atomic E-state index is 14.2. The Morgan fingerprint density at radius 3 is 2.52 bits per heavy atom. The van der Waals surface area contributed by atoms with Gasteiger partial charge in [0.05, 0.1) is 5.69 Å². The van der Waals surface area contributed by atoms with E-state index in [4.69, 9.17) is 0 Å². The van der Waals surface area contributed by atoms with Crippen LogP contribution in [0.5, 0.6) is 0 Å². The van der Waals surface area contributed by atoms with Gasteiger partial charge in [0.1, 0.15) is 5.82 Å². The molecule has 1 aliphatic heterocycles. The van der Waals surface area contributed by atoms with E-state index in [1.54, 1.807) is 24.1 Å². The second-order valence-electron chi connectivity index (χ2n) is 5.11. The summed E-state index contributed by atoms with van der Waals surface area (Å²) in [4.78, 5) is 1.66. The van der Waals surface area contributed by atoms with Crippen LogP contribution in [0.4, 0.5) is 23.2 Å². The summed E-state index contributed by atoms with van der Waals surface area (Å²) >= 11 is 0. The summed E-state index contributed by atoms with van der Waals surface area (Å²) in [6, 6.07) is 4.67. The highest BCUT2D eigenvalue weighted by Gasteiger charge is 2.35. The molecule has 0 aliphatic carbocycles. The van der Waals surface area contributed by atoms with Crippen molar-refractivity contribution in [3.8, 4) is 0 Å². The fourth-order valence-corrected chi connectivity index (χ4v) is 2.50. The van der Waals surface area contributed by atoms with Gasteiger partial charge in [-0.25, -0.2) is 4.39 Å². The fourth-order valence-electron chi connectivity index (χ4n) is 2.50. The van der Waals surface area contributed by atoms with Crippen molar-refractivity contribution in [2.24, 2.45) is 0 Å². The number of rotatable bonds is 3. The predicted molar refractivity (Wildman–Crippen MR) is 74.8 cm³/mol. The molecule has 6 heteroatoms. The van der Waals surface area contributed by atoms with E-state index in [2.05, 4.69) is 5.32 Å².